The minimum atomic E-state index is -3.90. The van der Waals surface area contributed by atoms with E-state index in [9.17, 15) is 34.6 Å². The van der Waals surface area contributed by atoms with Crippen LogP contribution >= 0.6 is 7.37 Å². The molecule has 160 valence electrons. The van der Waals surface area contributed by atoms with Gasteiger partial charge in [0.1, 0.15) is 5.75 Å². The first-order valence-electron chi connectivity index (χ1n) is 9.44. The first kappa shape index (κ1) is 22.0. The maximum absolute atomic E-state index is 14.1. The van der Waals surface area contributed by atoms with Crippen LogP contribution in [0.2, 0.25) is 0 Å². The van der Waals surface area contributed by atoms with Crippen LogP contribution in [0.15, 0.2) is 48.5 Å². The van der Waals surface area contributed by atoms with Gasteiger partial charge in [-0.05, 0) is 30.5 Å². The SMILES string of the molecule is O=C(O)C(CCO)C(CCO)(CP1(=O)Oc2ccccc2-c2ccccc21)C(=O)O. The van der Waals surface area contributed by atoms with Gasteiger partial charge < -0.3 is 24.9 Å². The van der Waals surface area contributed by atoms with Crippen molar-refractivity contribution in [3.63, 3.8) is 0 Å². The van der Waals surface area contributed by atoms with E-state index in [4.69, 9.17) is 4.52 Å². The van der Waals surface area contributed by atoms with Gasteiger partial charge >= 0.3 is 11.9 Å². The summed E-state index contributed by atoms with van der Waals surface area (Å²) in [7, 11) is -3.90. The summed E-state index contributed by atoms with van der Waals surface area (Å²) in [5.41, 5.74) is -0.772. The van der Waals surface area contributed by atoms with Gasteiger partial charge in [-0.2, -0.15) is 0 Å². The topological polar surface area (TPSA) is 141 Å². The molecular formula is C21H23O8P. The number of carboxylic acid groups (broad SMARTS) is 2. The van der Waals surface area contributed by atoms with E-state index in [1.54, 1.807) is 48.5 Å². The summed E-state index contributed by atoms with van der Waals surface area (Å²) >= 11 is 0. The molecule has 0 fully saturated rings. The van der Waals surface area contributed by atoms with E-state index < -0.39 is 56.4 Å². The van der Waals surface area contributed by atoms with Crippen molar-refractivity contribution in [1.29, 1.82) is 0 Å². The number of aliphatic carboxylic acids is 2. The number of aliphatic hydroxyl groups excluding tert-OH is 2. The van der Waals surface area contributed by atoms with Gasteiger partial charge in [-0.15, -0.1) is 0 Å². The minimum absolute atomic E-state index is 0.306. The Labute approximate surface area is 173 Å². The monoisotopic (exact) mass is 434 g/mol. The van der Waals surface area contributed by atoms with E-state index >= 15 is 0 Å². The molecule has 0 aliphatic carbocycles. The molecule has 3 unspecified atom stereocenters. The van der Waals surface area contributed by atoms with Crippen LogP contribution < -0.4 is 9.83 Å². The number of fused-ring (bicyclic) bond motifs is 3. The van der Waals surface area contributed by atoms with Crippen LogP contribution in [0.3, 0.4) is 0 Å². The van der Waals surface area contributed by atoms with Crippen LogP contribution in [0, 0.1) is 11.3 Å². The molecule has 1 aliphatic rings. The van der Waals surface area contributed by atoms with Crippen LogP contribution in [0.1, 0.15) is 12.8 Å². The maximum Gasteiger partial charge on any atom is 0.311 e. The van der Waals surface area contributed by atoms with E-state index in [2.05, 4.69) is 0 Å². The molecule has 3 atom stereocenters. The van der Waals surface area contributed by atoms with Crippen LogP contribution in [-0.4, -0.2) is 51.7 Å². The molecule has 0 amide bonds. The Morgan fingerprint density at radius 2 is 1.60 bits per heavy atom. The average Bonchev–Trinajstić information content (AvgIpc) is 2.71. The third-order valence-electron chi connectivity index (χ3n) is 5.55. The van der Waals surface area contributed by atoms with Crippen LogP contribution in [0.5, 0.6) is 5.75 Å². The normalized spacial score (nSPS) is 20.2. The number of carboxylic acids is 2. The van der Waals surface area contributed by atoms with Crippen LogP contribution in [-0.2, 0) is 14.2 Å². The minimum Gasteiger partial charge on any atom is -0.481 e. The lowest BCUT2D eigenvalue weighted by Crippen LogP contribution is -2.48. The van der Waals surface area contributed by atoms with Crippen molar-refractivity contribution in [3.8, 4) is 16.9 Å². The van der Waals surface area contributed by atoms with E-state index in [-0.39, 0.29) is 6.42 Å². The van der Waals surface area contributed by atoms with Crippen LogP contribution in [0.25, 0.3) is 11.1 Å². The summed E-state index contributed by atoms with van der Waals surface area (Å²) in [5.74, 6) is -4.20. The van der Waals surface area contributed by atoms with Gasteiger partial charge in [0.15, 0.2) is 0 Å². The molecule has 0 spiro atoms. The molecule has 2 aromatic carbocycles. The van der Waals surface area contributed by atoms with Gasteiger partial charge in [0, 0.05) is 18.8 Å². The first-order chi connectivity index (χ1) is 14.3. The van der Waals surface area contributed by atoms with Crippen molar-refractivity contribution in [2.24, 2.45) is 11.3 Å². The number of rotatable bonds is 9. The summed E-state index contributed by atoms with van der Waals surface area (Å²) in [4.78, 5) is 24.3. The van der Waals surface area contributed by atoms with Gasteiger partial charge in [-0.25, -0.2) is 0 Å². The average molecular weight is 434 g/mol. The lowest BCUT2D eigenvalue weighted by Gasteiger charge is -2.38. The summed E-state index contributed by atoms with van der Waals surface area (Å²) in [6, 6.07) is 13.6. The number of hydrogen-bond acceptors (Lipinski definition) is 6. The van der Waals surface area contributed by atoms with Crippen molar-refractivity contribution in [2.75, 3.05) is 19.4 Å². The van der Waals surface area contributed by atoms with Gasteiger partial charge in [0.2, 0.25) is 0 Å². The van der Waals surface area contributed by atoms with Crippen molar-refractivity contribution in [1.82, 2.24) is 0 Å². The molecule has 2 aromatic rings. The predicted octanol–water partition coefficient (Wildman–Crippen LogP) is 2.19. The second-order valence-electron chi connectivity index (χ2n) is 7.27. The third-order valence-corrected chi connectivity index (χ3v) is 8.15. The number of hydrogen-bond donors (Lipinski definition) is 4. The van der Waals surface area contributed by atoms with Gasteiger partial charge in [0.05, 0.1) is 22.8 Å². The Morgan fingerprint density at radius 1 is 0.967 bits per heavy atom. The fourth-order valence-electron chi connectivity index (χ4n) is 4.12. The molecule has 0 aromatic heterocycles. The molecule has 0 saturated carbocycles. The molecule has 8 nitrogen and oxygen atoms in total. The molecule has 0 bridgehead atoms. The smallest absolute Gasteiger partial charge is 0.311 e. The Kier molecular flexibility index (Phi) is 6.31. The predicted molar refractivity (Wildman–Crippen MR) is 109 cm³/mol. The molecule has 0 saturated heterocycles. The van der Waals surface area contributed by atoms with Crippen LogP contribution in [0.4, 0.5) is 0 Å². The van der Waals surface area contributed by atoms with E-state index in [1.165, 1.54) is 0 Å². The quantitative estimate of drug-likeness (QED) is 0.440. The fourth-order valence-corrected chi connectivity index (χ4v) is 7.06. The summed E-state index contributed by atoms with van der Waals surface area (Å²) in [6.07, 6.45) is -1.44. The highest BCUT2D eigenvalue weighted by atomic mass is 31.2. The molecule has 3 rings (SSSR count). The second-order valence-corrected chi connectivity index (χ2v) is 9.60. The molecule has 4 N–H and O–H groups in total. The molecule has 30 heavy (non-hydrogen) atoms. The molecular weight excluding hydrogens is 411 g/mol. The highest BCUT2D eigenvalue weighted by molar-refractivity contribution is 7.67. The molecule has 1 aliphatic heterocycles. The maximum atomic E-state index is 14.1. The van der Waals surface area contributed by atoms with E-state index in [1.807, 2.05) is 0 Å². The third kappa shape index (κ3) is 3.74. The fraction of sp³-hybridized carbons (Fsp3) is 0.333. The Balaban J connectivity index is 2.18. The van der Waals surface area contributed by atoms with E-state index in [0.717, 1.165) is 0 Å². The van der Waals surface area contributed by atoms with E-state index in [0.29, 0.717) is 22.2 Å². The van der Waals surface area contributed by atoms with Crippen molar-refractivity contribution >= 4 is 24.6 Å². The number of para-hydroxylation sites is 1. The zero-order valence-electron chi connectivity index (χ0n) is 16.1. The van der Waals surface area contributed by atoms with Crippen molar-refractivity contribution in [2.45, 2.75) is 12.8 Å². The van der Waals surface area contributed by atoms with Crippen molar-refractivity contribution < 1.29 is 39.1 Å². The second kappa shape index (κ2) is 8.60. The van der Waals surface area contributed by atoms with Gasteiger partial charge in [-0.1, -0.05) is 36.4 Å². The first-order valence-corrected chi connectivity index (χ1v) is 11.3. The Bertz CT molecular complexity index is 1000. The molecule has 0 radical (unpaired) electrons. The number of carbonyl (C=O) groups is 2. The molecule has 9 heteroatoms. The Hall–Kier alpha value is -2.67. The highest BCUT2D eigenvalue weighted by Crippen LogP contribution is 2.59. The number of aliphatic hydroxyl groups is 2. The summed E-state index contributed by atoms with van der Waals surface area (Å²) in [5, 5.41) is 39.0. The zero-order chi connectivity index (χ0) is 21.9. The highest BCUT2D eigenvalue weighted by Gasteiger charge is 2.55. The van der Waals surface area contributed by atoms with Gasteiger partial charge in [0.25, 0.3) is 7.37 Å². The van der Waals surface area contributed by atoms with Gasteiger partial charge in [-0.3, -0.25) is 14.2 Å². The molecule has 1 heterocycles. The summed E-state index contributed by atoms with van der Waals surface area (Å²) in [6.45, 7) is -1.19. The lowest BCUT2D eigenvalue weighted by atomic mass is 9.73. The lowest BCUT2D eigenvalue weighted by molar-refractivity contribution is -0.163. The van der Waals surface area contributed by atoms with Crippen molar-refractivity contribution in [3.05, 3.63) is 48.5 Å². The largest absolute Gasteiger partial charge is 0.481 e. The standard InChI is InChI=1S/C21H23O8P/c22-11-9-16(19(24)25)21(10-12-23,20(26)27)13-30(28)18-8-4-2-6-15(18)14-5-1-3-7-17(14)29-30/h1-8,16,22-23H,9-13H2,(H,24,25)(H,26,27). The Morgan fingerprint density at radius 3 is 2.20 bits per heavy atom. The number of benzene rings is 2. The summed E-state index contributed by atoms with van der Waals surface area (Å²) < 4.78 is 20.0. The zero-order valence-corrected chi connectivity index (χ0v) is 17.0.